The molecular formula is C28H44ClN5O5S3. The van der Waals surface area contributed by atoms with Crippen LogP contribution >= 0.6 is 34.0 Å². The maximum atomic E-state index is 13.0. The number of nitrogens with zero attached hydrogens (tertiary/aromatic N) is 2. The number of fused-ring (bicyclic) bond motifs is 1. The molecule has 0 aliphatic heterocycles. The third kappa shape index (κ3) is 11.5. The van der Waals surface area contributed by atoms with E-state index < -0.39 is 16.1 Å². The standard InChI is InChI=1S/C28H43N5O5S3.ClH/c1-6-9-21(2)39-40-26(22(3)33(20-34)18-15-29)14-19-38-28(35)30-16-17-31-41(36,37)27-13-8-10-23-24(27)11-7-12-25(23)32(4)5;/h7-8,10-13,20-21,31H,6,9,14-19,29H2,1-5H3,(H,30,35);1H. The highest BCUT2D eigenvalue weighted by molar-refractivity contribution is 8.78. The number of halogens is 1. The van der Waals surface area contributed by atoms with Gasteiger partial charge < -0.3 is 25.6 Å². The lowest BCUT2D eigenvalue weighted by atomic mass is 10.1. The number of anilines is 1. The number of hydrogen-bond donors (Lipinski definition) is 3. The molecule has 0 fully saturated rings. The van der Waals surface area contributed by atoms with E-state index in [0.29, 0.717) is 30.1 Å². The Labute approximate surface area is 264 Å². The Morgan fingerprint density at radius 1 is 1.14 bits per heavy atom. The summed E-state index contributed by atoms with van der Waals surface area (Å²) < 4.78 is 34.0. The molecule has 1 atom stereocenters. The monoisotopic (exact) mass is 661 g/mol. The summed E-state index contributed by atoms with van der Waals surface area (Å²) in [4.78, 5) is 28.5. The molecule has 10 nitrogen and oxygen atoms in total. The molecule has 0 aliphatic rings. The largest absolute Gasteiger partial charge is 0.449 e. The first-order chi connectivity index (χ1) is 19.5. The molecule has 236 valence electrons. The van der Waals surface area contributed by atoms with E-state index in [-0.39, 0.29) is 37.0 Å². The molecule has 42 heavy (non-hydrogen) atoms. The maximum absolute atomic E-state index is 13.0. The van der Waals surface area contributed by atoms with Crippen molar-refractivity contribution in [3.05, 3.63) is 47.0 Å². The van der Waals surface area contributed by atoms with Crippen molar-refractivity contribution in [2.75, 3.05) is 51.8 Å². The van der Waals surface area contributed by atoms with Crippen LogP contribution in [0.4, 0.5) is 10.5 Å². The van der Waals surface area contributed by atoms with Crippen molar-refractivity contribution in [2.24, 2.45) is 5.73 Å². The molecule has 0 radical (unpaired) electrons. The second-order valence-electron chi connectivity index (χ2n) is 9.61. The van der Waals surface area contributed by atoms with Crippen LogP contribution in [0.5, 0.6) is 0 Å². The molecular weight excluding hydrogens is 618 g/mol. The summed E-state index contributed by atoms with van der Waals surface area (Å²) in [6.07, 6.45) is 2.71. The number of nitrogens with one attached hydrogen (secondary N) is 2. The van der Waals surface area contributed by atoms with Crippen molar-refractivity contribution < 1.29 is 22.7 Å². The van der Waals surface area contributed by atoms with Gasteiger partial charge in [0.05, 0.1) is 11.5 Å². The molecule has 0 aromatic heterocycles. The van der Waals surface area contributed by atoms with Crippen LogP contribution < -0.4 is 20.7 Å². The van der Waals surface area contributed by atoms with Gasteiger partial charge in [0.25, 0.3) is 0 Å². The van der Waals surface area contributed by atoms with Crippen LogP contribution in [-0.4, -0.2) is 78.0 Å². The first-order valence-electron chi connectivity index (χ1n) is 13.6. The lowest BCUT2D eigenvalue weighted by molar-refractivity contribution is -0.116. The maximum Gasteiger partial charge on any atom is 0.407 e. The number of amides is 2. The van der Waals surface area contributed by atoms with Crippen LogP contribution in [0.2, 0.25) is 0 Å². The summed E-state index contributed by atoms with van der Waals surface area (Å²) in [6, 6.07) is 10.7. The molecule has 2 aromatic rings. The second-order valence-corrected chi connectivity index (χ2v) is 14.1. The Balaban J connectivity index is 0.00000882. The van der Waals surface area contributed by atoms with Gasteiger partial charge in [0.15, 0.2) is 0 Å². The van der Waals surface area contributed by atoms with E-state index in [1.54, 1.807) is 44.7 Å². The summed E-state index contributed by atoms with van der Waals surface area (Å²) >= 11 is 0. The molecule has 0 saturated carbocycles. The molecule has 1 unspecified atom stereocenters. The fourth-order valence-corrected chi connectivity index (χ4v) is 8.09. The molecule has 2 amide bonds. The number of sulfonamides is 1. The van der Waals surface area contributed by atoms with Gasteiger partial charge in [-0.2, -0.15) is 0 Å². The molecule has 2 rings (SSSR count). The highest BCUT2D eigenvalue weighted by Crippen LogP contribution is 2.39. The van der Waals surface area contributed by atoms with E-state index in [2.05, 4.69) is 23.9 Å². The fraction of sp³-hybridized carbons (Fsp3) is 0.500. The second kappa shape index (κ2) is 19.2. The Morgan fingerprint density at radius 2 is 1.83 bits per heavy atom. The van der Waals surface area contributed by atoms with Crippen LogP contribution in [0.25, 0.3) is 10.8 Å². The number of allylic oxidation sites excluding steroid dienone is 1. The Hall–Kier alpha value is -2.16. The molecule has 14 heteroatoms. The molecule has 4 N–H and O–H groups in total. The van der Waals surface area contributed by atoms with Gasteiger partial charge >= 0.3 is 6.09 Å². The number of benzene rings is 2. The first kappa shape index (κ1) is 37.9. The summed E-state index contributed by atoms with van der Waals surface area (Å²) in [6.45, 7) is 7.07. The number of alkyl carbamates (subject to hydrolysis) is 1. The Bertz CT molecular complexity index is 1290. The van der Waals surface area contributed by atoms with Gasteiger partial charge in [-0.15, -0.1) is 12.4 Å². The third-order valence-electron chi connectivity index (χ3n) is 6.22. The highest BCUT2D eigenvalue weighted by atomic mass is 35.5. The van der Waals surface area contributed by atoms with Crippen LogP contribution in [0.3, 0.4) is 0 Å². The van der Waals surface area contributed by atoms with Crippen molar-refractivity contribution in [1.82, 2.24) is 14.9 Å². The highest BCUT2D eigenvalue weighted by Gasteiger charge is 2.18. The van der Waals surface area contributed by atoms with Crippen molar-refractivity contribution in [3.63, 3.8) is 0 Å². The predicted octanol–water partition coefficient (Wildman–Crippen LogP) is 4.94. The number of ether oxygens (including phenoxy) is 1. The van der Waals surface area contributed by atoms with E-state index in [9.17, 15) is 18.0 Å². The molecule has 0 spiro atoms. The summed E-state index contributed by atoms with van der Waals surface area (Å²) in [7, 11) is 3.31. The minimum Gasteiger partial charge on any atom is -0.449 e. The Kier molecular flexibility index (Phi) is 17.3. The van der Waals surface area contributed by atoms with Crippen LogP contribution in [0.1, 0.15) is 40.0 Å². The van der Waals surface area contributed by atoms with E-state index in [0.717, 1.165) is 40.9 Å². The van der Waals surface area contributed by atoms with Gasteiger partial charge in [0.1, 0.15) is 0 Å². The molecule has 2 aromatic carbocycles. The molecule has 0 saturated heterocycles. The van der Waals surface area contributed by atoms with Gasteiger partial charge in [-0.25, -0.2) is 17.9 Å². The topological polar surface area (TPSA) is 134 Å². The van der Waals surface area contributed by atoms with Crippen LogP contribution in [-0.2, 0) is 19.6 Å². The van der Waals surface area contributed by atoms with Gasteiger partial charge in [0.2, 0.25) is 16.4 Å². The average molecular weight is 662 g/mol. The van der Waals surface area contributed by atoms with E-state index in [1.165, 1.54) is 0 Å². The summed E-state index contributed by atoms with van der Waals surface area (Å²) in [5.74, 6) is 0. The lowest BCUT2D eigenvalue weighted by Gasteiger charge is -2.21. The average Bonchev–Trinajstić information content (AvgIpc) is 2.94. The lowest BCUT2D eigenvalue weighted by Crippen LogP contribution is -2.35. The molecule has 0 aliphatic carbocycles. The quantitative estimate of drug-likeness (QED) is 0.115. The third-order valence-corrected chi connectivity index (χ3v) is 11.0. The van der Waals surface area contributed by atoms with Crippen molar-refractivity contribution >= 4 is 73.0 Å². The van der Waals surface area contributed by atoms with Crippen molar-refractivity contribution in [1.29, 1.82) is 0 Å². The number of hydrogen-bond acceptors (Lipinski definition) is 9. The summed E-state index contributed by atoms with van der Waals surface area (Å²) in [5.41, 5.74) is 7.35. The fourth-order valence-electron chi connectivity index (χ4n) is 4.08. The van der Waals surface area contributed by atoms with Crippen molar-refractivity contribution in [3.8, 4) is 0 Å². The van der Waals surface area contributed by atoms with Crippen LogP contribution in [0.15, 0.2) is 51.9 Å². The minimum absolute atomic E-state index is 0. The zero-order chi connectivity index (χ0) is 30.4. The van der Waals surface area contributed by atoms with E-state index >= 15 is 0 Å². The molecule has 0 heterocycles. The van der Waals surface area contributed by atoms with Gasteiger partial charge in [-0.05, 0) is 25.5 Å². The van der Waals surface area contributed by atoms with Crippen LogP contribution in [0, 0.1) is 0 Å². The molecule has 0 bridgehead atoms. The smallest absolute Gasteiger partial charge is 0.407 e. The van der Waals surface area contributed by atoms with E-state index in [4.69, 9.17) is 10.5 Å². The van der Waals surface area contributed by atoms with E-state index in [1.807, 2.05) is 44.1 Å². The number of rotatable bonds is 18. The summed E-state index contributed by atoms with van der Waals surface area (Å²) in [5, 5.41) is 4.48. The van der Waals surface area contributed by atoms with Crippen molar-refractivity contribution in [2.45, 2.75) is 50.2 Å². The SMILES string of the molecule is CCCC(C)SSC(CCOC(=O)NCCNS(=O)(=O)c1cccc2c(N(C)C)cccc12)=C(C)N(C=O)CCN.Cl. The number of carbonyl (C=O) groups is 2. The Morgan fingerprint density at radius 3 is 2.48 bits per heavy atom. The zero-order valence-electron chi connectivity index (χ0n) is 24.9. The first-order valence-corrected chi connectivity index (χ1v) is 17.3. The number of nitrogens with two attached hydrogens (primary N) is 1. The number of carbonyl (C=O) groups excluding carboxylic acids is 2. The zero-order valence-corrected chi connectivity index (χ0v) is 28.2. The normalized spacial score (nSPS) is 12.6. The van der Waals surface area contributed by atoms with Gasteiger partial charge in [0, 0.05) is 79.0 Å². The van der Waals surface area contributed by atoms with Gasteiger partial charge in [-0.3, -0.25) is 4.79 Å². The predicted molar refractivity (Wildman–Crippen MR) is 179 cm³/mol. The van der Waals surface area contributed by atoms with Gasteiger partial charge in [-0.1, -0.05) is 66.1 Å². The minimum atomic E-state index is -3.81.